The highest BCUT2D eigenvalue weighted by molar-refractivity contribution is 7.90. The zero-order chi connectivity index (χ0) is 17.9. The number of sulfone groups is 1. The molecular formula is C17H14N2O5S. The fourth-order valence-electron chi connectivity index (χ4n) is 2.07. The first-order chi connectivity index (χ1) is 11.9. The Hall–Kier alpha value is -3.00. The summed E-state index contributed by atoms with van der Waals surface area (Å²) in [5.74, 6) is -0.206. The van der Waals surface area contributed by atoms with Gasteiger partial charge in [-0.3, -0.25) is 0 Å². The van der Waals surface area contributed by atoms with Crippen LogP contribution in [0.15, 0.2) is 63.9 Å². The molecule has 128 valence electrons. The van der Waals surface area contributed by atoms with Crippen molar-refractivity contribution >= 4 is 15.8 Å². The fourth-order valence-corrected chi connectivity index (χ4v) is 2.74. The summed E-state index contributed by atoms with van der Waals surface area (Å²) in [5, 5.41) is 7.72. The Morgan fingerprint density at radius 1 is 1.08 bits per heavy atom. The molecule has 3 aromatic rings. The van der Waals surface area contributed by atoms with Crippen molar-refractivity contribution in [2.75, 3.05) is 6.26 Å². The van der Waals surface area contributed by atoms with Gasteiger partial charge >= 0.3 is 5.97 Å². The molecular weight excluding hydrogens is 344 g/mol. The van der Waals surface area contributed by atoms with Crippen LogP contribution < -0.4 is 0 Å². The maximum Gasteiger partial charge on any atom is 0.338 e. The molecule has 0 saturated carbocycles. The first-order valence-electron chi connectivity index (χ1n) is 7.28. The second kappa shape index (κ2) is 6.86. The minimum atomic E-state index is -3.40. The summed E-state index contributed by atoms with van der Waals surface area (Å²) in [7, 11) is -3.40. The molecule has 0 radical (unpaired) electrons. The lowest BCUT2D eigenvalue weighted by Crippen LogP contribution is -2.07. The van der Waals surface area contributed by atoms with Gasteiger partial charge in [-0.2, -0.15) is 0 Å². The average Bonchev–Trinajstić information content (AvgIpc) is 3.09. The van der Waals surface area contributed by atoms with Crippen LogP contribution in [0.4, 0.5) is 0 Å². The summed E-state index contributed by atoms with van der Waals surface area (Å²) in [4.78, 5) is 12.1. The number of nitrogens with zero attached hydrogens (tertiary/aromatic N) is 2. The van der Waals surface area contributed by atoms with Crippen LogP contribution in [0.5, 0.6) is 0 Å². The van der Waals surface area contributed by atoms with Gasteiger partial charge in [0.25, 0.3) is 5.89 Å². The van der Waals surface area contributed by atoms with E-state index >= 15 is 0 Å². The van der Waals surface area contributed by atoms with Crippen LogP contribution in [-0.4, -0.2) is 30.8 Å². The van der Waals surface area contributed by atoms with E-state index in [1.807, 2.05) is 30.3 Å². The molecule has 7 nitrogen and oxygen atoms in total. The predicted molar refractivity (Wildman–Crippen MR) is 88.4 cm³/mol. The number of rotatable bonds is 5. The molecule has 0 aliphatic carbocycles. The zero-order valence-corrected chi connectivity index (χ0v) is 14.1. The van der Waals surface area contributed by atoms with Crippen molar-refractivity contribution in [2.24, 2.45) is 0 Å². The molecule has 0 N–H and O–H groups in total. The summed E-state index contributed by atoms with van der Waals surface area (Å²) in [6, 6.07) is 14.8. The zero-order valence-electron chi connectivity index (χ0n) is 13.2. The van der Waals surface area contributed by atoms with Crippen LogP contribution in [0.25, 0.3) is 11.5 Å². The van der Waals surface area contributed by atoms with Gasteiger partial charge in [0.15, 0.2) is 16.4 Å². The van der Waals surface area contributed by atoms with E-state index in [-0.39, 0.29) is 23.0 Å². The summed E-state index contributed by atoms with van der Waals surface area (Å²) in [6.07, 6.45) is 1.07. The van der Waals surface area contributed by atoms with Crippen molar-refractivity contribution in [3.05, 3.63) is 66.1 Å². The number of benzene rings is 2. The number of carbonyl (C=O) groups is 1. The number of carbonyl (C=O) groups excluding carboxylic acids is 1. The van der Waals surface area contributed by atoms with E-state index in [0.29, 0.717) is 5.89 Å². The smallest absolute Gasteiger partial charge is 0.338 e. The highest BCUT2D eigenvalue weighted by Crippen LogP contribution is 2.18. The van der Waals surface area contributed by atoms with Gasteiger partial charge in [-0.05, 0) is 30.3 Å². The second-order valence-electron chi connectivity index (χ2n) is 5.24. The Morgan fingerprint density at radius 3 is 2.56 bits per heavy atom. The molecule has 0 fully saturated rings. The van der Waals surface area contributed by atoms with Crippen LogP contribution in [0.1, 0.15) is 16.2 Å². The van der Waals surface area contributed by atoms with Crippen molar-refractivity contribution < 1.29 is 22.4 Å². The third kappa shape index (κ3) is 4.10. The third-order valence-corrected chi connectivity index (χ3v) is 4.42. The van der Waals surface area contributed by atoms with Crippen LogP contribution >= 0.6 is 0 Å². The molecule has 3 rings (SSSR count). The SMILES string of the molecule is CS(=O)(=O)c1cccc(C(=O)OCc2nnc(-c3ccccc3)o2)c1. The highest BCUT2D eigenvalue weighted by Gasteiger charge is 2.15. The Bertz CT molecular complexity index is 997. The van der Waals surface area contributed by atoms with Gasteiger partial charge < -0.3 is 9.15 Å². The van der Waals surface area contributed by atoms with Gasteiger partial charge in [-0.1, -0.05) is 24.3 Å². The van der Waals surface area contributed by atoms with Crippen LogP contribution in [0.3, 0.4) is 0 Å². The molecule has 1 heterocycles. The molecule has 0 spiro atoms. The minimum absolute atomic E-state index is 0.0473. The van der Waals surface area contributed by atoms with Crippen LogP contribution in [-0.2, 0) is 21.2 Å². The normalized spacial score (nSPS) is 11.2. The lowest BCUT2D eigenvalue weighted by Gasteiger charge is -2.04. The van der Waals surface area contributed by atoms with E-state index in [4.69, 9.17) is 9.15 Å². The number of hydrogen-bond donors (Lipinski definition) is 0. The predicted octanol–water partition coefficient (Wildman–Crippen LogP) is 2.50. The maximum absolute atomic E-state index is 12.1. The Balaban J connectivity index is 1.68. The monoisotopic (exact) mass is 358 g/mol. The molecule has 2 aromatic carbocycles. The molecule has 0 bridgehead atoms. The first kappa shape index (κ1) is 16.8. The lowest BCUT2D eigenvalue weighted by atomic mass is 10.2. The third-order valence-electron chi connectivity index (χ3n) is 3.31. The first-order valence-corrected chi connectivity index (χ1v) is 9.18. The van der Waals surface area contributed by atoms with Crippen molar-refractivity contribution in [2.45, 2.75) is 11.5 Å². The van der Waals surface area contributed by atoms with E-state index in [1.54, 1.807) is 0 Å². The molecule has 0 atom stereocenters. The number of aromatic nitrogens is 2. The quantitative estimate of drug-likeness (QED) is 0.646. The van der Waals surface area contributed by atoms with E-state index in [1.165, 1.54) is 24.3 Å². The van der Waals surface area contributed by atoms with E-state index < -0.39 is 15.8 Å². The van der Waals surface area contributed by atoms with Crippen LogP contribution in [0, 0.1) is 0 Å². The molecule has 1 aromatic heterocycles. The van der Waals surface area contributed by atoms with E-state index in [9.17, 15) is 13.2 Å². The van der Waals surface area contributed by atoms with Gasteiger partial charge in [-0.15, -0.1) is 10.2 Å². The number of esters is 1. The number of ether oxygens (including phenoxy) is 1. The standard InChI is InChI=1S/C17H14N2O5S/c1-25(21,22)14-9-5-8-13(10-14)17(20)23-11-15-18-19-16(24-15)12-6-3-2-4-7-12/h2-10H,11H2,1H3. The maximum atomic E-state index is 12.1. The molecule has 25 heavy (non-hydrogen) atoms. The van der Waals surface area contributed by atoms with E-state index in [0.717, 1.165) is 11.8 Å². The van der Waals surface area contributed by atoms with Gasteiger partial charge in [0, 0.05) is 11.8 Å². The van der Waals surface area contributed by atoms with Gasteiger partial charge in [0.05, 0.1) is 10.5 Å². The van der Waals surface area contributed by atoms with Gasteiger partial charge in [-0.25, -0.2) is 13.2 Å². The molecule has 0 saturated heterocycles. The summed E-state index contributed by atoms with van der Waals surface area (Å²) < 4.78 is 33.6. The summed E-state index contributed by atoms with van der Waals surface area (Å²) in [6.45, 7) is -0.207. The molecule has 0 unspecified atom stereocenters. The Kier molecular flexibility index (Phi) is 4.62. The van der Waals surface area contributed by atoms with Crippen LogP contribution in [0.2, 0.25) is 0 Å². The average molecular weight is 358 g/mol. The lowest BCUT2D eigenvalue weighted by molar-refractivity contribution is 0.0438. The summed E-state index contributed by atoms with van der Waals surface area (Å²) in [5.41, 5.74) is 0.888. The molecule has 8 heteroatoms. The largest absolute Gasteiger partial charge is 0.452 e. The fraction of sp³-hybridized carbons (Fsp3) is 0.118. The second-order valence-corrected chi connectivity index (χ2v) is 7.26. The minimum Gasteiger partial charge on any atom is -0.452 e. The summed E-state index contributed by atoms with van der Waals surface area (Å²) >= 11 is 0. The number of hydrogen-bond acceptors (Lipinski definition) is 7. The van der Waals surface area contributed by atoms with Crippen molar-refractivity contribution in [3.8, 4) is 11.5 Å². The molecule has 0 aliphatic rings. The topological polar surface area (TPSA) is 99.4 Å². The van der Waals surface area contributed by atoms with Crippen molar-refractivity contribution in [3.63, 3.8) is 0 Å². The van der Waals surface area contributed by atoms with Gasteiger partial charge in [0.2, 0.25) is 5.89 Å². The molecule has 0 aliphatic heterocycles. The van der Waals surface area contributed by atoms with E-state index in [2.05, 4.69) is 10.2 Å². The Labute approximate surface area is 144 Å². The molecule has 0 amide bonds. The van der Waals surface area contributed by atoms with Crippen molar-refractivity contribution in [1.29, 1.82) is 0 Å². The highest BCUT2D eigenvalue weighted by atomic mass is 32.2. The Morgan fingerprint density at radius 2 is 1.84 bits per heavy atom. The van der Waals surface area contributed by atoms with Gasteiger partial charge in [0.1, 0.15) is 0 Å². The van der Waals surface area contributed by atoms with Crippen molar-refractivity contribution in [1.82, 2.24) is 10.2 Å².